The van der Waals surface area contributed by atoms with E-state index in [1.54, 1.807) is 0 Å². The molecule has 0 bridgehead atoms. The number of benzene rings is 1. The normalized spacial score (nSPS) is 31.3. The van der Waals surface area contributed by atoms with Gasteiger partial charge < -0.3 is 10.1 Å². The summed E-state index contributed by atoms with van der Waals surface area (Å²) in [4.78, 5) is 2.47. The Morgan fingerprint density at radius 1 is 1.32 bits per heavy atom. The van der Waals surface area contributed by atoms with Crippen LogP contribution in [0.5, 0.6) is 0 Å². The number of rotatable bonds is 5. The van der Waals surface area contributed by atoms with Gasteiger partial charge in [0.15, 0.2) is 0 Å². The molecule has 0 aromatic heterocycles. The van der Waals surface area contributed by atoms with Crippen molar-refractivity contribution < 1.29 is 4.74 Å². The molecule has 2 aliphatic rings. The third-order valence-electron chi connectivity index (χ3n) is 4.30. The summed E-state index contributed by atoms with van der Waals surface area (Å²) in [5, 5.41) is 3.67. The third kappa shape index (κ3) is 3.35. The molecule has 3 unspecified atom stereocenters. The van der Waals surface area contributed by atoms with Crippen LogP contribution >= 0.6 is 0 Å². The summed E-state index contributed by atoms with van der Waals surface area (Å²) in [6, 6.07) is 11.5. The van der Waals surface area contributed by atoms with Gasteiger partial charge in [-0.2, -0.15) is 0 Å². The molecule has 1 aromatic rings. The van der Waals surface area contributed by atoms with Crippen LogP contribution < -0.4 is 5.32 Å². The zero-order chi connectivity index (χ0) is 13.1. The molecule has 19 heavy (non-hydrogen) atoms. The molecule has 1 saturated carbocycles. The van der Waals surface area contributed by atoms with E-state index >= 15 is 0 Å². The number of likely N-dealkylation sites (N-methyl/N-ethyl adjacent to an activating group) is 1. The fourth-order valence-corrected chi connectivity index (χ4v) is 2.96. The molecule has 104 valence electrons. The van der Waals surface area contributed by atoms with Crippen LogP contribution in [0.15, 0.2) is 30.3 Å². The molecular formula is C16H24N2O. The topological polar surface area (TPSA) is 24.5 Å². The fraction of sp³-hybridized carbons (Fsp3) is 0.625. The number of hydrogen-bond acceptors (Lipinski definition) is 3. The monoisotopic (exact) mass is 260 g/mol. The highest BCUT2D eigenvalue weighted by atomic mass is 16.5. The van der Waals surface area contributed by atoms with E-state index in [-0.39, 0.29) is 0 Å². The van der Waals surface area contributed by atoms with E-state index in [4.69, 9.17) is 4.74 Å². The van der Waals surface area contributed by atoms with Gasteiger partial charge in [-0.3, -0.25) is 4.90 Å². The quantitative estimate of drug-likeness (QED) is 0.874. The zero-order valence-electron chi connectivity index (χ0n) is 11.7. The summed E-state index contributed by atoms with van der Waals surface area (Å²) >= 11 is 0. The van der Waals surface area contributed by atoms with Gasteiger partial charge in [0.1, 0.15) is 0 Å². The third-order valence-corrected chi connectivity index (χ3v) is 4.30. The van der Waals surface area contributed by atoms with E-state index in [9.17, 15) is 0 Å². The average molecular weight is 260 g/mol. The second-order valence-electron chi connectivity index (χ2n) is 5.65. The van der Waals surface area contributed by atoms with Gasteiger partial charge in [-0.15, -0.1) is 0 Å². The van der Waals surface area contributed by atoms with Crippen LogP contribution in [-0.4, -0.2) is 49.8 Å². The Hall–Kier alpha value is -0.900. The number of nitrogens with zero attached hydrogens (tertiary/aromatic N) is 1. The van der Waals surface area contributed by atoms with Crippen LogP contribution in [0.4, 0.5) is 0 Å². The molecule has 3 heteroatoms. The van der Waals surface area contributed by atoms with Crippen molar-refractivity contribution in [2.75, 3.05) is 32.8 Å². The standard InChI is InChI=1S/C16H24N2O/c1-2-18-8-9-19-14(12-18)11-17-16-10-15(16)13-6-4-3-5-7-13/h3-7,14-17H,2,8-12H2,1H3. The van der Waals surface area contributed by atoms with Crippen LogP contribution in [0.25, 0.3) is 0 Å². The van der Waals surface area contributed by atoms with Gasteiger partial charge in [0.05, 0.1) is 12.7 Å². The minimum absolute atomic E-state index is 0.366. The molecular weight excluding hydrogens is 236 g/mol. The van der Waals surface area contributed by atoms with E-state index in [0.29, 0.717) is 18.1 Å². The van der Waals surface area contributed by atoms with E-state index in [1.165, 1.54) is 12.0 Å². The van der Waals surface area contributed by atoms with Gasteiger partial charge in [0.2, 0.25) is 0 Å². The smallest absolute Gasteiger partial charge is 0.0826 e. The SMILES string of the molecule is CCN1CCOC(CNC2CC2c2ccccc2)C1. The van der Waals surface area contributed by atoms with Crippen molar-refractivity contribution in [2.24, 2.45) is 0 Å². The molecule has 1 saturated heterocycles. The molecule has 0 amide bonds. The van der Waals surface area contributed by atoms with E-state index in [2.05, 4.69) is 47.5 Å². The van der Waals surface area contributed by atoms with Crippen molar-refractivity contribution in [3.05, 3.63) is 35.9 Å². The van der Waals surface area contributed by atoms with Gasteiger partial charge in [-0.05, 0) is 18.5 Å². The highest BCUT2D eigenvalue weighted by Crippen LogP contribution is 2.40. The highest BCUT2D eigenvalue weighted by molar-refractivity contribution is 5.27. The van der Waals surface area contributed by atoms with Gasteiger partial charge in [0.25, 0.3) is 0 Å². The van der Waals surface area contributed by atoms with Crippen LogP contribution in [-0.2, 0) is 4.74 Å². The number of hydrogen-bond donors (Lipinski definition) is 1. The lowest BCUT2D eigenvalue weighted by Crippen LogP contribution is -2.46. The van der Waals surface area contributed by atoms with Crippen molar-refractivity contribution in [2.45, 2.75) is 31.4 Å². The number of morpholine rings is 1. The first-order valence-electron chi connectivity index (χ1n) is 7.49. The predicted molar refractivity (Wildman–Crippen MR) is 77.4 cm³/mol. The Kier molecular flexibility index (Phi) is 4.16. The molecule has 2 fully saturated rings. The maximum Gasteiger partial charge on any atom is 0.0826 e. The second kappa shape index (κ2) is 6.04. The Labute approximate surface area is 115 Å². The minimum Gasteiger partial charge on any atom is -0.374 e. The van der Waals surface area contributed by atoms with Gasteiger partial charge in [-0.1, -0.05) is 37.3 Å². The summed E-state index contributed by atoms with van der Waals surface area (Å²) in [5.74, 6) is 0.715. The summed E-state index contributed by atoms with van der Waals surface area (Å²) in [6.45, 7) is 7.39. The molecule has 3 atom stereocenters. The van der Waals surface area contributed by atoms with Crippen LogP contribution in [0.2, 0.25) is 0 Å². The summed E-state index contributed by atoms with van der Waals surface area (Å²) in [6.07, 6.45) is 1.64. The Bertz CT molecular complexity index is 395. The van der Waals surface area contributed by atoms with E-state index < -0.39 is 0 Å². The first-order valence-corrected chi connectivity index (χ1v) is 7.49. The summed E-state index contributed by atoms with van der Waals surface area (Å²) < 4.78 is 5.82. The molecule has 1 N–H and O–H groups in total. The van der Waals surface area contributed by atoms with Crippen molar-refractivity contribution in [3.63, 3.8) is 0 Å². The largest absolute Gasteiger partial charge is 0.374 e. The van der Waals surface area contributed by atoms with Crippen LogP contribution in [0.1, 0.15) is 24.8 Å². The Morgan fingerprint density at radius 2 is 2.16 bits per heavy atom. The van der Waals surface area contributed by atoms with Crippen LogP contribution in [0.3, 0.4) is 0 Å². The van der Waals surface area contributed by atoms with Crippen molar-refractivity contribution in [3.8, 4) is 0 Å². The first kappa shape index (κ1) is 13.1. The average Bonchev–Trinajstić information content (AvgIpc) is 3.26. The molecule has 0 radical (unpaired) electrons. The molecule has 3 nitrogen and oxygen atoms in total. The second-order valence-corrected chi connectivity index (χ2v) is 5.65. The highest BCUT2D eigenvalue weighted by Gasteiger charge is 2.38. The minimum atomic E-state index is 0.366. The first-order chi connectivity index (χ1) is 9.36. The molecule has 0 spiro atoms. The lowest BCUT2D eigenvalue weighted by molar-refractivity contribution is -0.0254. The van der Waals surface area contributed by atoms with Gasteiger partial charge in [-0.25, -0.2) is 0 Å². The van der Waals surface area contributed by atoms with Crippen molar-refractivity contribution in [1.29, 1.82) is 0 Å². The van der Waals surface area contributed by atoms with Crippen molar-refractivity contribution >= 4 is 0 Å². The maximum atomic E-state index is 5.82. The molecule has 1 aliphatic heterocycles. The fourth-order valence-electron chi connectivity index (χ4n) is 2.96. The van der Waals surface area contributed by atoms with Crippen LogP contribution in [0, 0.1) is 0 Å². The Morgan fingerprint density at radius 3 is 2.95 bits per heavy atom. The van der Waals surface area contributed by atoms with Crippen molar-refractivity contribution in [1.82, 2.24) is 10.2 Å². The van der Waals surface area contributed by atoms with Gasteiger partial charge >= 0.3 is 0 Å². The molecule has 3 rings (SSSR count). The maximum absolute atomic E-state index is 5.82. The predicted octanol–water partition coefficient (Wildman–Crippen LogP) is 1.85. The number of ether oxygens (including phenoxy) is 1. The summed E-state index contributed by atoms with van der Waals surface area (Å²) in [5.41, 5.74) is 1.47. The Balaban J connectivity index is 1.42. The van der Waals surface area contributed by atoms with Gasteiger partial charge in [0, 0.05) is 31.6 Å². The molecule has 1 aromatic carbocycles. The lowest BCUT2D eigenvalue weighted by Gasteiger charge is -2.32. The lowest BCUT2D eigenvalue weighted by atomic mass is 10.1. The van der Waals surface area contributed by atoms with E-state index in [1.807, 2.05) is 0 Å². The molecule has 1 heterocycles. The summed E-state index contributed by atoms with van der Waals surface area (Å²) in [7, 11) is 0. The van der Waals surface area contributed by atoms with E-state index in [0.717, 1.165) is 32.8 Å². The zero-order valence-corrected chi connectivity index (χ0v) is 11.7. The molecule has 1 aliphatic carbocycles. The number of nitrogens with one attached hydrogen (secondary N) is 1.